The van der Waals surface area contributed by atoms with Gasteiger partial charge in [0.15, 0.2) is 0 Å². The minimum absolute atomic E-state index is 0.103. The van der Waals surface area contributed by atoms with Crippen molar-refractivity contribution in [2.75, 3.05) is 5.32 Å². The Morgan fingerprint density at radius 1 is 1.11 bits per heavy atom. The van der Waals surface area contributed by atoms with Crippen molar-refractivity contribution in [1.82, 2.24) is 10.3 Å². The van der Waals surface area contributed by atoms with Crippen molar-refractivity contribution >= 4 is 40.7 Å². The number of amides is 2. The summed E-state index contributed by atoms with van der Waals surface area (Å²) in [5.41, 5.74) is -1.51. The Morgan fingerprint density at radius 2 is 1.78 bits per heavy atom. The van der Waals surface area contributed by atoms with E-state index in [9.17, 15) is 22.8 Å². The summed E-state index contributed by atoms with van der Waals surface area (Å²) in [5, 5.41) is 4.36. The molecule has 2 aromatic rings. The van der Waals surface area contributed by atoms with E-state index in [1.165, 1.54) is 18.2 Å². The second kappa shape index (κ2) is 8.14. The van der Waals surface area contributed by atoms with Crippen molar-refractivity contribution in [3.63, 3.8) is 0 Å². The topological polar surface area (TPSA) is 71.1 Å². The molecule has 2 N–H and O–H groups in total. The molecule has 0 spiro atoms. The molecule has 0 fully saturated rings. The molecule has 2 amide bonds. The van der Waals surface area contributed by atoms with Gasteiger partial charge in [-0.1, -0.05) is 23.2 Å². The summed E-state index contributed by atoms with van der Waals surface area (Å²) in [5.74, 6) is -1.41. The molecule has 10 heteroatoms. The first kappa shape index (κ1) is 21.0. The maximum Gasteiger partial charge on any atom is 0.417 e. The zero-order valence-electron chi connectivity index (χ0n) is 14.1. The molecule has 0 bridgehead atoms. The number of hydrogen-bond acceptors (Lipinski definition) is 3. The third-order valence-corrected chi connectivity index (χ3v) is 4.01. The number of nitrogens with one attached hydrogen (secondary N) is 2. The van der Waals surface area contributed by atoms with Gasteiger partial charge in [0.1, 0.15) is 5.69 Å². The smallest absolute Gasteiger partial charge is 0.350 e. The molecule has 27 heavy (non-hydrogen) atoms. The number of carbonyl (C=O) groups excluding carboxylic acids is 2. The number of halogens is 5. The first-order chi connectivity index (χ1) is 12.5. The molecule has 5 nitrogen and oxygen atoms in total. The fourth-order valence-electron chi connectivity index (χ4n) is 2.13. The molecule has 0 aliphatic carbocycles. The van der Waals surface area contributed by atoms with E-state index >= 15 is 0 Å². The zero-order chi connectivity index (χ0) is 20.4. The molecule has 0 saturated heterocycles. The minimum atomic E-state index is -4.72. The molecule has 1 heterocycles. The fourth-order valence-corrected chi connectivity index (χ4v) is 2.64. The number of carbonyl (C=O) groups is 2. The Hall–Kier alpha value is -2.32. The van der Waals surface area contributed by atoms with Gasteiger partial charge in [0, 0.05) is 17.9 Å². The number of rotatable bonds is 4. The molecule has 1 aromatic heterocycles. The van der Waals surface area contributed by atoms with Gasteiger partial charge < -0.3 is 10.6 Å². The number of hydrogen-bond donors (Lipinski definition) is 2. The molecule has 2 rings (SSSR count). The first-order valence-electron chi connectivity index (χ1n) is 7.64. The summed E-state index contributed by atoms with van der Waals surface area (Å²) in [6.45, 7) is 3.53. The van der Waals surface area contributed by atoms with Crippen LogP contribution < -0.4 is 10.6 Å². The SMILES string of the molecule is CC(C)NC(=O)c1cc(NC(=O)c2nccc(C(F)(F)F)c2Cl)ccc1Cl. The van der Waals surface area contributed by atoms with Gasteiger partial charge in [0.05, 0.1) is 21.2 Å². The van der Waals surface area contributed by atoms with E-state index in [1.807, 2.05) is 0 Å². The average molecular weight is 420 g/mol. The highest BCUT2D eigenvalue weighted by Gasteiger charge is 2.35. The van der Waals surface area contributed by atoms with Crippen LogP contribution in [-0.2, 0) is 6.18 Å². The Balaban J connectivity index is 2.31. The molecule has 0 aliphatic rings. The molecule has 0 radical (unpaired) electrons. The summed E-state index contributed by atoms with van der Waals surface area (Å²) in [4.78, 5) is 28.0. The zero-order valence-corrected chi connectivity index (χ0v) is 15.6. The van der Waals surface area contributed by atoms with E-state index in [-0.39, 0.29) is 22.3 Å². The minimum Gasteiger partial charge on any atom is -0.350 e. The van der Waals surface area contributed by atoms with Crippen LogP contribution in [0.2, 0.25) is 10.0 Å². The molecule has 0 unspecified atom stereocenters. The number of nitrogens with zero attached hydrogens (tertiary/aromatic N) is 1. The Kier molecular flexibility index (Phi) is 6.33. The van der Waals surface area contributed by atoms with Gasteiger partial charge in [-0.05, 0) is 38.1 Å². The maximum absolute atomic E-state index is 12.9. The highest BCUT2D eigenvalue weighted by molar-refractivity contribution is 6.35. The lowest BCUT2D eigenvalue weighted by molar-refractivity contribution is -0.137. The molecular weight excluding hydrogens is 406 g/mol. The quantitative estimate of drug-likeness (QED) is 0.747. The summed E-state index contributed by atoms with van der Waals surface area (Å²) in [6.07, 6.45) is -3.88. The lowest BCUT2D eigenvalue weighted by Crippen LogP contribution is -2.30. The van der Waals surface area contributed by atoms with Crippen LogP contribution in [0.25, 0.3) is 0 Å². The molecule has 0 saturated carbocycles. The van der Waals surface area contributed by atoms with Crippen LogP contribution >= 0.6 is 23.2 Å². The van der Waals surface area contributed by atoms with Gasteiger partial charge in [0.25, 0.3) is 11.8 Å². The van der Waals surface area contributed by atoms with Crippen LogP contribution in [0, 0.1) is 0 Å². The van der Waals surface area contributed by atoms with Gasteiger partial charge in [-0.25, -0.2) is 4.98 Å². The van der Waals surface area contributed by atoms with Crippen LogP contribution in [0.1, 0.15) is 40.3 Å². The van der Waals surface area contributed by atoms with Crippen molar-refractivity contribution in [2.45, 2.75) is 26.1 Å². The predicted octanol–water partition coefficient (Wildman–Crippen LogP) is 4.80. The van der Waals surface area contributed by atoms with Crippen molar-refractivity contribution in [1.29, 1.82) is 0 Å². The number of anilines is 1. The third-order valence-electron chi connectivity index (χ3n) is 3.30. The standard InChI is InChI=1S/C17H14Cl2F3N3O2/c1-8(2)24-15(26)10-7-9(3-4-12(10)18)25-16(27)14-13(19)11(5-6-23-14)17(20,21)22/h3-8H,1-2H3,(H,24,26)(H,25,27). The van der Waals surface area contributed by atoms with Gasteiger partial charge in [-0.2, -0.15) is 13.2 Å². The van der Waals surface area contributed by atoms with Crippen molar-refractivity contribution < 1.29 is 22.8 Å². The van der Waals surface area contributed by atoms with E-state index in [1.54, 1.807) is 13.8 Å². The lowest BCUT2D eigenvalue weighted by atomic mass is 10.1. The Morgan fingerprint density at radius 3 is 2.37 bits per heavy atom. The molecular formula is C17H14Cl2F3N3O2. The predicted molar refractivity (Wildman–Crippen MR) is 96.3 cm³/mol. The monoisotopic (exact) mass is 419 g/mol. The number of aromatic nitrogens is 1. The van der Waals surface area contributed by atoms with Gasteiger partial charge >= 0.3 is 6.18 Å². The highest BCUT2D eigenvalue weighted by Crippen LogP contribution is 2.35. The van der Waals surface area contributed by atoms with E-state index in [0.717, 1.165) is 6.20 Å². The van der Waals surface area contributed by atoms with Crippen LogP contribution in [0.4, 0.5) is 18.9 Å². The second-order valence-electron chi connectivity index (χ2n) is 5.80. The third kappa shape index (κ3) is 5.11. The summed E-state index contributed by atoms with van der Waals surface area (Å²) >= 11 is 11.7. The number of pyridine rings is 1. The normalized spacial score (nSPS) is 11.4. The average Bonchev–Trinajstić information content (AvgIpc) is 2.54. The van der Waals surface area contributed by atoms with Crippen LogP contribution in [0.15, 0.2) is 30.5 Å². The van der Waals surface area contributed by atoms with Gasteiger partial charge in [0.2, 0.25) is 0 Å². The van der Waals surface area contributed by atoms with E-state index in [4.69, 9.17) is 23.2 Å². The molecule has 0 aliphatic heterocycles. The van der Waals surface area contributed by atoms with Crippen molar-refractivity contribution in [2.24, 2.45) is 0 Å². The van der Waals surface area contributed by atoms with Crippen LogP contribution in [0.3, 0.4) is 0 Å². The lowest BCUT2D eigenvalue weighted by Gasteiger charge is -2.13. The van der Waals surface area contributed by atoms with E-state index in [0.29, 0.717) is 6.07 Å². The molecule has 144 valence electrons. The van der Waals surface area contributed by atoms with Crippen LogP contribution in [-0.4, -0.2) is 22.8 Å². The highest BCUT2D eigenvalue weighted by atomic mass is 35.5. The summed E-state index contributed by atoms with van der Waals surface area (Å²) < 4.78 is 38.7. The van der Waals surface area contributed by atoms with E-state index in [2.05, 4.69) is 15.6 Å². The molecule has 1 aromatic carbocycles. The van der Waals surface area contributed by atoms with Crippen LogP contribution in [0.5, 0.6) is 0 Å². The first-order valence-corrected chi connectivity index (χ1v) is 8.39. The second-order valence-corrected chi connectivity index (χ2v) is 6.58. The molecule has 0 atom stereocenters. The number of benzene rings is 1. The number of alkyl halides is 3. The Bertz CT molecular complexity index is 886. The van der Waals surface area contributed by atoms with E-state index < -0.39 is 34.3 Å². The van der Waals surface area contributed by atoms with Crippen molar-refractivity contribution in [3.8, 4) is 0 Å². The maximum atomic E-state index is 12.9. The van der Waals surface area contributed by atoms with Gasteiger partial charge in [-0.3, -0.25) is 9.59 Å². The fraction of sp³-hybridized carbons (Fsp3) is 0.235. The van der Waals surface area contributed by atoms with Gasteiger partial charge in [-0.15, -0.1) is 0 Å². The largest absolute Gasteiger partial charge is 0.417 e. The van der Waals surface area contributed by atoms with Crippen molar-refractivity contribution in [3.05, 3.63) is 57.3 Å². The summed E-state index contributed by atoms with van der Waals surface area (Å²) in [6, 6.07) is 4.62. The summed E-state index contributed by atoms with van der Waals surface area (Å²) in [7, 11) is 0. The Labute approximate surface area is 162 Å².